The highest BCUT2D eigenvalue weighted by molar-refractivity contribution is 5.87. The van der Waals surface area contributed by atoms with Gasteiger partial charge in [0, 0.05) is 24.7 Å². The lowest BCUT2D eigenvalue weighted by molar-refractivity contribution is -0.385. The van der Waals surface area contributed by atoms with Crippen molar-refractivity contribution in [1.29, 1.82) is 0 Å². The van der Waals surface area contributed by atoms with Crippen LogP contribution in [0.15, 0.2) is 24.3 Å². The van der Waals surface area contributed by atoms with Gasteiger partial charge in [-0.05, 0) is 6.92 Å². The highest BCUT2D eigenvalue weighted by Crippen LogP contribution is 2.19. The minimum atomic E-state index is -1.03. The van der Waals surface area contributed by atoms with E-state index in [2.05, 4.69) is 5.32 Å². The summed E-state index contributed by atoms with van der Waals surface area (Å²) >= 11 is 0. The maximum atomic E-state index is 11.5. The molecule has 0 saturated carbocycles. The molecule has 0 unspecified atom stereocenters. The van der Waals surface area contributed by atoms with Crippen LogP contribution in [0, 0.1) is 10.1 Å². The summed E-state index contributed by atoms with van der Waals surface area (Å²) in [5.74, 6) is -1.27. The summed E-state index contributed by atoms with van der Waals surface area (Å²) in [4.78, 5) is 33.3. The fraction of sp³-hybridized carbons (Fsp3) is 0.385. The second-order valence-electron chi connectivity index (χ2n) is 4.25. The summed E-state index contributed by atoms with van der Waals surface area (Å²) in [6.45, 7) is 1.89. The summed E-state index contributed by atoms with van der Waals surface area (Å²) in [5.41, 5.74) is 5.42. The molecule has 1 rings (SSSR count). The minimum Gasteiger partial charge on any atom is -0.372 e. The fourth-order valence-corrected chi connectivity index (χ4v) is 1.73. The van der Waals surface area contributed by atoms with Crippen molar-refractivity contribution in [2.75, 3.05) is 13.2 Å². The number of benzene rings is 1. The van der Waals surface area contributed by atoms with Crippen molar-refractivity contribution in [2.24, 2.45) is 5.73 Å². The molecule has 0 bridgehead atoms. The third-order valence-corrected chi connectivity index (χ3v) is 2.73. The summed E-state index contributed by atoms with van der Waals surface area (Å²) in [7, 11) is 0. The van der Waals surface area contributed by atoms with Gasteiger partial charge in [-0.2, -0.15) is 0 Å². The number of rotatable bonds is 8. The molecule has 8 nitrogen and oxygen atoms in total. The van der Waals surface area contributed by atoms with Gasteiger partial charge in [0.1, 0.15) is 12.6 Å². The Bertz CT molecular complexity index is 532. The molecule has 0 radical (unpaired) electrons. The van der Waals surface area contributed by atoms with Gasteiger partial charge in [-0.25, -0.2) is 0 Å². The van der Waals surface area contributed by atoms with Crippen molar-refractivity contribution in [3.8, 4) is 0 Å². The van der Waals surface area contributed by atoms with Crippen molar-refractivity contribution in [3.05, 3.63) is 39.9 Å². The van der Waals surface area contributed by atoms with E-state index >= 15 is 0 Å². The molecule has 114 valence electrons. The van der Waals surface area contributed by atoms with Crippen molar-refractivity contribution in [1.82, 2.24) is 5.32 Å². The van der Waals surface area contributed by atoms with E-state index in [1.807, 2.05) is 0 Å². The summed E-state index contributed by atoms with van der Waals surface area (Å²) in [6, 6.07) is 4.95. The molecule has 0 fully saturated rings. The van der Waals surface area contributed by atoms with Crippen LogP contribution in [0.25, 0.3) is 0 Å². The predicted molar refractivity (Wildman–Crippen MR) is 74.4 cm³/mol. The molecular weight excluding hydrogens is 278 g/mol. The van der Waals surface area contributed by atoms with Crippen LogP contribution in [-0.2, 0) is 20.7 Å². The molecule has 0 aliphatic carbocycles. The van der Waals surface area contributed by atoms with Gasteiger partial charge in [0.25, 0.3) is 5.69 Å². The average molecular weight is 295 g/mol. The van der Waals surface area contributed by atoms with Gasteiger partial charge < -0.3 is 15.8 Å². The van der Waals surface area contributed by atoms with Crippen molar-refractivity contribution >= 4 is 17.5 Å². The molecule has 8 heteroatoms. The monoisotopic (exact) mass is 295 g/mol. The standard InChI is InChI=1S/C13H17N3O5/c1-2-21-8-12(17)15-10(13(14)18)7-9-5-3-4-6-11(9)16(19)20/h3-6,10H,2,7-8H2,1H3,(H2,14,18)(H,15,17)/t10-/m0/s1. The first-order valence-corrected chi connectivity index (χ1v) is 6.34. The van der Waals surface area contributed by atoms with E-state index in [1.165, 1.54) is 18.2 Å². The number of hydrogen-bond donors (Lipinski definition) is 2. The second kappa shape index (κ2) is 7.95. The van der Waals surface area contributed by atoms with Crippen LogP contribution in [0.2, 0.25) is 0 Å². The number of nitrogens with two attached hydrogens (primary N) is 1. The zero-order chi connectivity index (χ0) is 15.8. The lowest BCUT2D eigenvalue weighted by Gasteiger charge is -2.15. The summed E-state index contributed by atoms with van der Waals surface area (Å²) < 4.78 is 4.92. The maximum Gasteiger partial charge on any atom is 0.272 e. The molecule has 0 spiro atoms. The van der Waals surface area contributed by atoms with Gasteiger partial charge in [-0.15, -0.1) is 0 Å². The van der Waals surface area contributed by atoms with Crippen LogP contribution >= 0.6 is 0 Å². The highest BCUT2D eigenvalue weighted by atomic mass is 16.6. The predicted octanol–water partition coefficient (Wildman–Crippen LogP) is 0.144. The molecular formula is C13H17N3O5. The smallest absolute Gasteiger partial charge is 0.272 e. The van der Waals surface area contributed by atoms with Crippen LogP contribution in [0.3, 0.4) is 0 Å². The topological polar surface area (TPSA) is 125 Å². The lowest BCUT2D eigenvalue weighted by atomic mass is 10.0. The van der Waals surface area contributed by atoms with E-state index < -0.39 is 22.8 Å². The molecule has 0 saturated heterocycles. The first-order valence-electron chi connectivity index (χ1n) is 6.34. The Kier molecular flexibility index (Phi) is 6.28. The number of nitro groups is 1. The minimum absolute atomic E-state index is 0.0512. The third-order valence-electron chi connectivity index (χ3n) is 2.73. The number of hydrogen-bond acceptors (Lipinski definition) is 5. The molecule has 0 aliphatic heterocycles. The Balaban J connectivity index is 2.82. The van der Waals surface area contributed by atoms with Crippen molar-refractivity contribution in [2.45, 2.75) is 19.4 Å². The molecule has 0 aliphatic rings. The van der Waals surface area contributed by atoms with E-state index in [-0.39, 0.29) is 18.7 Å². The quantitative estimate of drug-likeness (QED) is 0.521. The average Bonchev–Trinajstić information content (AvgIpc) is 2.44. The Labute approximate surface area is 121 Å². The molecule has 3 N–H and O–H groups in total. The summed E-state index contributed by atoms with van der Waals surface area (Å²) in [5, 5.41) is 13.3. The Hall–Kier alpha value is -2.48. The van der Waals surface area contributed by atoms with Crippen LogP contribution < -0.4 is 11.1 Å². The lowest BCUT2D eigenvalue weighted by Crippen LogP contribution is -2.47. The second-order valence-corrected chi connectivity index (χ2v) is 4.25. The number of nitrogens with one attached hydrogen (secondary N) is 1. The van der Waals surface area contributed by atoms with Gasteiger partial charge in [-0.3, -0.25) is 19.7 Å². The number of nitro benzene ring substituents is 1. The van der Waals surface area contributed by atoms with Gasteiger partial charge in [-0.1, -0.05) is 18.2 Å². The van der Waals surface area contributed by atoms with Gasteiger partial charge >= 0.3 is 0 Å². The van der Waals surface area contributed by atoms with Gasteiger partial charge in [0.2, 0.25) is 11.8 Å². The van der Waals surface area contributed by atoms with Crippen LogP contribution in [-0.4, -0.2) is 36.0 Å². The normalized spacial score (nSPS) is 11.7. The van der Waals surface area contributed by atoms with Crippen molar-refractivity contribution in [3.63, 3.8) is 0 Å². The zero-order valence-corrected chi connectivity index (χ0v) is 11.6. The Morgan fingerprint density at radius 3 is 2.67 bits per heavy atom. The number of ether oxygens (including phenoxy) is 1. The first-order chi connectivity index (χ1) is 9.95. The molecule has 1 atom stereocenters. The number of para-hydroxylation sites is 1. The number of carbonyl (C=O) groups is 2. The van der Waals surface area contributed by atoms with E-state index in [0.717, 1.165) is 0 Å². The maximum absolute atomic E-state index is 11.5. The molecule has 2 amide bonds. The number of primary amides is 1. The van der Waals surface area contributed by atoms with Gasteiger partial charge in [0.05, 0.1) is 4.92 Å². The number of amides is 2. The Morgan fingerprint density at radius 1 is 1.43 bits per heavy atom. The van der Waals surface area contributed by atoms with E-state index in [1.54, 1.807) is 13.0 Å². The van der Waals surface area contributed by atoms with Gasteiger partial charge in [0.15, 0.2) is 0 Å². The molecule has 1 aromatic rings. The Morgan fingerprint density at radius 2 is 2.10 bits per heavy atom. The number of carbonyl (C=O) groups excluding carboxylic acids is 2. The van der Waals surface area contributed by atoms with E-state index in [9.17, 15) is 19.7 Å². The van der Waals surface area contributed by atoms with Crippen LogP contribution in [0.1, 0.15) is 12.5 Å². The SMILES string of the molecule is CCOCC(=O)N[C@@H](Cc1ccccc1[N+](=O)[O-])C(N)=O. The first kappa shape index (κ1) is 16.6. The molecule has 21 heavy (non-hydrogen) atoms. The zero-order valence-electron chi connectivity index (χ0n) is 11.6. The van der Waals surface area contributed by atoms with E-state index in [4.69, 9.17) is 10.5 Å². The van der Waals surface area contributed by atoms with Crippen molar-refractivity contribution < 1.29 is 19.2 Å². The molecule has 0 heterocycles. The third kappa shape index (κ3) is 5.19. The summed E-state index contributed by atoms with van der Waals surface area (Å²) in [6.07, 6.45) is -0.0512. The van der Waals surface area contributed by atoms with E-state index in [0.29, 0.717) is 12.2 Å². The number of nitrogens with zero attached hydrogens (tertiary/aromatic N) is 1. The molecule has 0 aromatic heterocycles. The van der Waals surface area contributed by atoms with Crippen LogP contribution in [0.5, 0.6) is 0 Å². The largest absolute Gasteiger partial charge is 0.372 e. The fourth-order valence-electron chi connectivity index (χ4n) is 1.73. The van der Waals surface area contributed by atoms with Crippen LogP contribution in [0.4, 0.5) is 5.69 Å². The molecule has 1 aromatic carbocycles. The highest BCUT2D eigenvalue weighted by Gasteiger charge is 2.22.